The van der Waals surface area contributed by atoms with Gasteiger partial charge in [-0.3, -0.25) is 9.69 Å². The van der Waals surface area contributed by atoms with E-state index in [1.54, 1.807) is 4.90 Å². The first-order valence-corrected chi connectivity index (χ1v) is 11.6. The normalized spacial score (nSPS) is 33.6. The molecule has 1 aromatic rings. The van der Waals surface area contributed by atoms with Gasteiger partial charge in [0, 0.05) is 23.8 Å². The zero-order valence-corrected chi connectivity index (χ0v) is 19.2. The lowest BCUT2D eigenvalue weighted by atomic mass is 9.72. The second-order valence-corrected chi connectivity index (χ2v) is 11.2. The molecule has 5 aliphatic rings. The highest BCUT2D eigenvalue weighted by molar-refractivity contribution is 6.67. The highest BCUT2D eigenvalue weighted by Crippen LogP contribution is 2.56. The minimum atomic E-state index is -1.69. The van der Waals surface area contributed by atoms with Crippen LogP contribution in [0.3, 0.4) is 0 Å². The van der Waals surface area contributed by atoms with Crippen LogP contribution in [-0.2, 0) is 19.7 Å². The van der Waals surface area contributed by atoms with Crippen molar-refractivity contribution in [2.75, 3.05) is 18.5 Å². The van der Waals surface area contributed by atoms with E-state index in [2.05, 4.69) is 12.2 Å². The summed E-state index contributed by atoms with van der Waals surface area (Å²) in [4.78, 5) is 28.1. The van der Waals surface area contributed by atoms with Crippen molar-refractivity contribution >= 4 is 52.5 Å². The van der Waals surface area contributed by atoms with Gasteiger partial charge in [0.2, 0.25) is 9.70 Å². The molecule has 5 atom stereocenters. The molecule has 6 nitrogen and oxygen atoms in total. The lowest BCUT2D eigenvalue weighted by Crippen LogP contribution is -2.50. The van der Waals surface area contributed by atoms with Crippen LogP contribution in [0.25, 0.3) is 0 Å². The molecule has 6 rings (SSSR count). The van der Waals surface area contributed by atoms with Gasteiger partial charge in [0.05, 0.1) is 12.7 Å². The molecule has 0 aromatic heterocycles. The third kappa shape index (κ3) is 3.34. The van der Waals surface area contributed by atoms with Gasteiger partial charge in [0.1, 0.15) is 12.0 Å². The number of benzene rings is 1. The zero-order chi connectivity index (χ0) is 22.0. The minimum Gasteiger partial charge on any atom is -0.445 e. The van der Waals surface area contributed by atoms with Crippen molar-refractivity contribution < 1.29 is 19.1 Å². The molecule has 1 N–H and O–H groups in total. The number of nitrogens with one attached hydrogen (secondary N) is 1. The summed E-state index contributed by atoms with van der Waals surface area (Å²) in [5.74, 6) is 0.266. The van der Waals surface area contributed by atoms with Crippen LogP contribution < -0.4 is 5.32 Å². The minimum absolute atomic E-state index is 0.0699. The third-order valence-corrected chi connectivity index (χ3v) is 7.55. The molecule has 1 saturated carbocycles. The number of halogens is 3. The number of alkyl halides is 3. The van der Waals surface area contributed by atoms with Gasteiger partial charge in [-0.2, -0.15) is 0 Å². The summed E-state index contributed by atoms with van der Waals surface area (Å²) in [6.45, 7) is 2.21. The fourth-order valence-electron chi connectivity index (χ4n) is 5.87. The van der Waals surface area contributed by atoms with Crippen LogP contribution in [0.4, 0.5) is 10.5 Å². The van der Waals surface area contributed by atoms with Crippen LogP contribution in [0.2, 0.25) is 0 Å². The van der Waals surface area contributed by atoms with Crippen molar-refractivity contribution in [1.29, 1.82) is 0 Å². The van der Waals surface area contributed by atoms with Gasteiger partial charge in [0.25, 0.3) is 0 Å². The summed E-state index contributed by atoms with van der Waals surface area (Å²) in [5, 5.41) is 3.04. The van der Waals surface area contributed by atoms with Crippen molar-refractivity contribution in [3.8, 4) is 0 Å². The highest BCUT2D eigenvalue weighted by atomic mass is 35.6. The standard InChI is InChI=1S/C22H23Cl3N2O4/c1-2-12-9-27(20(29)31-11-22(23,24)25)17-8-21(18-7-13(12)14(17)10-30-18)15-5-3-4-6-16(15)26-19(21)28/h3-6,9,13-14,17-18H,2,7-8,10-11H2,1H3,(H,26,28)/t13-,14-,17-,18-,21-/m0/s1. The third-order valence-electron chi connectivity index (χ3n) is 7.23. The molecule has 3 fully saturated rings. The van der Waals surface area contributed by atoms with Gasteiger partial charge >= 0.3 is 6.09 Å². The van der Waals surface area contributed by atoms with Crippen LogP contribution in [-0.4, -0.2) is 46.1 Å². The van der Waals surface area contributed by atoms with E-state index < -0.39 is 15.3 Å². The molecule has 1 aliphatic carbocycles. The van der Waals surface area contributed by atoms with Gasteiger partial charge in [-0.25, -0.2) is 4.79 Å². The number of fused-ring (bicyclic) bond motifs is 2. The number of rotatable bonds is 2. The van der Waals surface area contributed by atoms with E-state index in [-0.39, 0.29) is 36.5 Å². The van der Waals surface area contributed by atoms with Crippen LogP contribution in [0.1, 0.15) is 31.7 Å². The van der Waals surface area contributed by atoms with Crippen LogP contribution in [0.15, 0.2) is 36.0 Å². The molecule has 31 heavy (non-hydrogen) atoms. The summed E-state index contributed by atoms with van der Waals surface area (Å²) in [6, 6.07) is 7.48. The first-order valence-electron chi connectivity index (χ1n) is 10.5. The molecule has 9 heteroatoms. The number of hydrogen-bond acceptors (Lipinski definition) is 4. The molecule has 2 amide bonds. The van der Waals surface area contributed by atoms with Crippen LogP contribution in [0.5, 0.6) is 0 Å². The smallest absolute Gasteiger partial charge is 0.414 e. The second kappa shape index (κ2) is 7.55. The molecule has 166 valence electrons. The topological polar surface area (TPSA) is 67.9 Å². The quantitative estimate of drug-likeness (QED) is 0.612. The first-order chi connectivity index (χ1) is 14.7. The summed E-state index contributed by atoms with van der Waals surface area (Å²) in [5.41, 5.74) is 2.05. The van der Waals surface area contributed by atoms with E-state index in [4.69, 9.17) is 44.3 Å². The largest absolute Gasteiger partial charge is 0.445 e. The Labute approximate surface area is 195 Å². The molecule has 1 spiro atoms. The van der Waals surface area contributed by atoms with E-state index in [0.717, 1.165) is 29.7 Å². The molecule has 2 saturated heterocycles. The Morgan fingerprint density at radius 3 is 2.87 bits per heavy atom. The number of nitrogens with zero attached hydrogens (tertiary/aromatic N) is 1. The monoisotopic (exact) mass is 484 g/mol. The van der Waals surface area contributed by atoms with Crippen molar-refractivity contribution in [3.05, 3.63) is 41.6 Å². The summed E-state index contributed by atoms with van der Waals surface area (Å²) < 4.78 is 9.95. The molecule has 4 aliphatic heterocycles. The Balaban J connectivity index is 1.57. The van der Waals surface area contributed by atoms with Gasteiger partial charge in [-0.15, -0.1) is 0 Å². The number of carbonyl (C=O) groups excluding carboxylic acids is 2. The van der Waals surface area contributed by atoms with E-state index in [1.165, 1.54) is 0 Å². The van der Waals surface area contributed by atoms with Crippen LogP contribution in [0, 0.1) is 11.8 Å². The van der Waals surface area contributed by atoms with Gasteiger partial charge in [0.15, 0.2) is 0 Å². The van der Waals surface area contributed by atoms with E-state index in [1.807, 2.05) is 30.5 Å². The molecule has 4 bridgehead atoms. The van der Waals surface area contributed by atoms with Crippen molar-refractivity contribution in [2.24, 2.45) is 11.8 Å². The Hall–Kier alpha value is -1.47. The molecule has 0 radical (unpaired) electrons. The predicted octanol–water partition coefficient (Wildman–Crippen LogP) is 4.79. The predicted molar refractivity (Wildman–Crippen MR) is 118 cm³/mol. The zero-order valence-electron chi connectivity index (χ0n) is 16.9. The Morgan fingerprint density at radius 2 is 2.13 bits per heavy atom. The molecule has 4 heterocycles. The maximum Gasteiger partial charge on any atom is 0.414 e. The number of ether oxygens (including phenoxy) is 2. The SMILES string of the molecule is CCC1=CN(C(=O)OCC(Cl)(Cl)Cl)[C@H]2C[C@@]3(C(=O)Nc4ccccc43)[C@@H]3C[C@@H]1[C@@H]2CO3. The number of amides is 2. The molecular weight excluding hydrogens is 463 g/mol. The van der Waals surface area contributed by atoms with Crippen molar-refractivity contribution in [3.63, 3.8) is 0 Å². The Kier molecular flexibility index (Phi) is 5.20. The second-order valence-electron chi connectivity index (χ2n) is 8.71. The number of para-hydroxylation sites is 1. The van der Waals surface area contributed by atoms with Gasteiger partial charge in [-0.05, 0) is 36.8 Å². The molecule has 1 aromatic carbocycles. The molecule has 0 unspecified atom stereocenters. The first kappa shape index (κ1) is 21.4. The lowest BCUT2D eigenvalue weighted by molar-refractivity contribution is -0.129. The molecular formula is C22H23Cl3N2O4. The van der Waals surface area contributed by atoms with E-state index >= 15 is 0 Å². The van der Waals surface area contributed by atoms with Crippen molar-refractivity contribution in [2.45, 2.75) is 47.5 Å². The van der Waals surface area contributed by atoms with Crippen LogP contribution >= 0.6 is 34.8 Å². The van der Waals surface area contributed by atoms with E-state index in [0.29, 0.717) is 13.0 Å². The lowest BCUT2D eigenvalue weighted by Gasteiger charge is -2.44. The number of carbonyl (C=O) groups is 2. The van der Waals surface area contributed by atoms with Gasteiger partial charge < -0.3 is 14.8 Å². The number of hydrogen-bond donors (Lipinski definition) is 1. The summed E-state index contributed by atoms with van der Waals surface area (Å²) in [7, 11) is 0. The Morgan fingerprint density at radius 1 is 1.35 bits per heavy atom. The maximum atomic E-state index is 13.4. The highest BCUT2D eigenvalue weighted by Gasteiger charge is 2.62. The maximum absolute atomic E-state index is 13.4. The van der Waals surface area contributed by atoms with E-state index in [9.17, 15) is 9.59 Å². The average Bonchev–Trinajstić information content (AvgIpc) is 2.86. The number of allylic oxidation sites excluding steroid dienone is 1. The fourth-order valence-corrected chi connectivity index (χ4v) is 6.04. The Bertz CT molecular complexity index is 962. The summed E-state index contributed by atoms with van der Waals surface area (Å²) >= 11 is 17.4. The average molecular weight is 486 g/mol. The summed E-state index contributed by atoms with van der Waals surface area (Å²) in [6.07, 6.45) is 3.05. The fraction of sp³-hybridized carbons (Fsp3) is 0.545. The number of anilines is 1. The van der Waals surface area contributed by atoms with Crippen molar-refractivity contribution in [1.82, 2.24) is 4.90 Å². The van der Waals surface area contributed by atoms with Gasteiger partial charge in [-0.1, -0.05) is 65.5 Å².